The Morgan fingerprint density at radius 1 is 1.41 bits per heavy atom. The van der Waals surface area contributed by atoms with Gasteiger partial charge in [-0.05, 0) is 19.8 Å². The maximum Gasteiger partial charge on any atom is 0.227 e. The second kappa shape index (κ2) is 6.73. The van der Waals surface area contributed by atoms with Gasteiger partial charge in [0, 0.05) is 26.2 Å². The highest BCUT2D eigenvalue weighted by Crippen LogP contribution is 2.43. The first kappa shape index (κ1) is 18.9. The first-order valence-electron chi connectivity index (χ1n) is 9.98. The van der Waals surface area contributed by atoms with Crippen molar-refractivity contribution in [3.8, 4) is 0 Å². The highest BCUT2D eigenvalue weighted by atomic mass is 19.1. The summed E-state index contributed by atoms with van der Waals surface area (Å²) in [7, 11) is 1.98. The third-order valence-electron chi connectivity index (χ3n) is 6.10. The second-order valence-electron chi connectivity index (χ2n) is 8.34. The Labute approximate surface area is 167 Å². The summed E-state index contributed by atoms with van der Waals surface area (Å²) in [4.78, 5) is 15.8. The Kier molecular flexibility index (Phi) is 4.39. The van der Waals surface area contributed by atoms with E-state index in [0.29, 0.717) is 29.0 Å². The fraction of sp³-hybridized carbons (Fsp3) is 0.722. The fourth-order valence-electron chi connectivity index (χ4n) is 3.95. The molecule has 0 unspecified atom stereocenters. The smallest absolute Gasteiger partial charge is 0.227 e. The Morgan fingerprint density at radius 3 is 2.76 bits per heavy atom. The van der Waals surface area contributed by atoms with Gasteiger partial charge in [0.2, 0.25) is 5.95 Å². The van der Waals surface area contributed by atoms with E-state index in [1.807, 2.05) is 7.05 Å². The van der Waals surface area contributed by atoms with Crippen molar-refractivity contribution in [1.82, 2.24) is 24.8 Å². The molecule has 0 radical (unpaired) electrons. The summed E-state index contributed by atoms with van der Waals surface area (Å²) in [6, 6.07) is 0.642. The Hall–Kier alpha value is -2.08. The van der Waals surface area contributed by atoms with Crippen LogP contribution in [0.4, 0.5) is 16.2 Å². The number of aliphatic hydroxyl groups is 2. The van der Waals surface area contributed by atoms with Gasteiger partial charge in [-0.25, -0.2) is 9.37 Å². The van der Waals surface area contributed by atoms with Gasteiger partial charge in [-0.15, -0.1) is 0 Å². The molecule has 3 fully saturated rings. The third kappa shape index (κ3) is 3.03. The van der Waals surface area contributed by atoms with Crippen molar-refractivity contribution in [2.45, 2.75) is 56.0 Å². The van der Waals surface area contributed by atoms with Crippen molar-refractivity contribution in [2.75, 3.05) is 37.0 Å². The van der Waals surface area contributed by atoms with Crippen LogP contribution in [0, 0.1) is 0 Å². The van der Waals surface area contributed by atoms with E-state index in [1.54, 1.807) is 0 Å². The molecule has 3 aliphatic rings. The topological polar surface area (TPSA) is 121 Å². The number of ether oxygens (including phenoxy) is 1. The zero-order chi connectivity index (χ0) is 20.3. The lowest BCUT2D eigenvalue weighted by Crippen LogP contribution is -2.51. The van der Waals surface area contributed by atoms with Gasteiger partial charge >= 0.3 is 0 Å². The average Bonchev–Trinajstić information content (AvgIpc) is 3.39. The second-order valence-corrected chi connectivity index (χ2v) is 8.34. The molecule has 0 aromatic carbocycles. The number of aliphatic hydroxyl groups excluding tert-OH is 2. The number of fused-ring (bicyclic) bond motifs is 1. The van der Waals surface area contributed by atoms with E-state index < -0.39 is 30.7 Å². The summed E-state index contributed by atoms with van der Waals surface area (Å²) in [6.07, 6.45) is 0.0260. The van der Waals surface area contributed by atoms with Crippen molar-refractivity contribution in [3.05, 3.63) is 6.33 Å². The van der Waals surface area contributed by atoms with Crippen molar-refractivity contribution in [2.24, 2.45) is 0 Å². The number of anilines is 2. The van der Waals surface area contributed by atoms with Gasteiger partial charge in [-0.2, -0.15) is 9.97 Å². The molecule has 0 spiro atoms. The molecule has 5 rings (SSSR count). The van der Waals surface area contributed by atoms with Gasteiger partial charge in [0.05, 0.1) is 19.0 Å². The van der Waals surface area contributed by atoms with Crippen LogP contribution in [0.15, 0.2) is 6.33 Å². The zero-order valence-electron chi connectivity index (χ0n) is 16.4. The van der Waals surface area contributed by atoms with Crippen LogP contribution in [0.2, 0.25) is 0 Å². The largest absolute Gasteiger partial charge is 0.394 e. The molecule has 4 N–H and O–H groups in total. The summed E-state index contributed by atoms with van der Waals surface area (Å²) in [5, 5.41) is 26.2. The monoisotopic (exact) mass is 407 g/mol. The molecule has 0 amide bonds. The van der Waals surface area contributed by atoms with E-state index in [4.69, 9.17) is 4.74 Å². The molecule has 158 valence electrons. The summed E-state index contributed by atoms with van der Waals surface area (Å²) in [5.74, 6) is 1.13. The summed E-state index contributed by atoms with van der Waals surface area (Å²) >= 11 is 0. The predicted molar refractivity (Wildman–Crippen MR) is 104 cm³/mol. The first-order chi connectivity index (χ1) is 13.9. The van der Waals surface area contributed by atoms with Crippen LogP contribution in [0.3, 0.4) is 0 Å². The van der Waals surface area contributed by atoms with Gasteiger partial charge in [-0.3, -0.25) is 4.57 Å². The molecule has 29 heavy (non-hydrogen) atoms. The minimum Gasteiger partial charge on any atom is -0.394 e. The molecular formula is C18H26FN7O3. The summed E-state index contributed by atoms with van der Waals surface area (Å²) < 4.78 is 22.5. The number of hydrogen-bond donors (Lipinski definition) is 4. The standard InChI is InChI=1S/C18H26FN7O3/c1-18(19)13(28)11(7-27)29-16(18)26-8-21-12-14(25(2)10-3-4-10)23-17(24-15(12)26)22-9-5-20-6-9/h8-11,13,16,20,27-28H,3-7H2,1-2H3,(H,22,23,24)/t11-,13-,16-,18-/m1/s1. The highest BCUT2D eigenvalue weighted by molar-refractivity contribution is 5.85. The van der Waals surface area contributed by atoms with E-state index in [1.165, 1.54) is 17.8 Å². The summed E-state index contributed by atoms with van der Waals surface area (Å²) in [5.41, 5.74) is -1.13. The zero-order valence-corrected chi connectivity index (χ0v) is 16.4. The van der Waals surface area contributed by atoms with E-state index in [-0.39, 0.29) is 6.04 Å². The number of imidazole rings is 1. The molecule has 4 atom stereocenters. The van der Waals surface area contributed by atoms with Crippen molar-refractivity contribution in [1.29, 1.82) is 0 Å². The van der Waals surface area contributed by atoms with Gasteiger partial charge in [0.25, 0.3) is 0 Å². The maximum atomic E-state index is 15.4. The van der Waals surface area contributed by atoms with Crippen LogP contribution in [-0.4, -0.2) is 86.4 Å². The van der Waals surface area contributed by atoms with Gasteiger partial charge in [0.15, 0.2) is 28.9 Å². The number of hydrogen-bond acceptors (Lipinski definition) is 9. The van der Waals surface area contributed by atoms with Gasteiger partial charge in [-0.1, -0.05) is 0 Å². The number of alkyl halides is 1. The lowest BCUT2D eigenvalue weighted by Gasteiger charge is -2.29. The highest BCUT2D eigenvalue weighted by Gasteiger charge is 2.55. The molecule has 2 aromatic heterocycles. The average molecular weight is 407 g/mol. The molecule has 10 nitrogen and oxygen atoms in total. The van der Waals surface area contributed by atoms with Crippen LogP contribution >= 0.6 is 0 Å². The molecule has 1 saturated carbocycles. The van der Waals surface area contributed by atoms with Crippen LogP contribution in [-0.2, 0) is 4.74 Å². The van der Waals surface area contributed by atoms with Crippen molar-refractivity contribution in [3.63, 3.8) is 0 Å². The van der Waals surface area contributed by atoms with E-state index in [0.717, 1.165) is 25.9 Å². The molecule has 0 bridgehead atoms. The minimum atomic E-state index is -2.11. The van der Waals surface area contributed by atoms with Gasteiger partial charge < -0.3 is 30.5 Å². The SMILES string of the molecule is CN(c1nc(NC2CNC2)nc2c1ncn2[C@@H]1O[C@H](CO)[C@@H](O)[C@@]1(C)F)C1CC1. The van der Waals surface area contributed by atoms with E-state index in [9.17, 15) is 10.2 Å². The molecule has 1 aliphatic carbocycles. The molecule has 2 aliphatic heterocycles. The van der Waals surface area contributed by atoms with Gasteiger partial charge in [0.1, 0.15) is 12.2 Å². The number of nitrogens with one attached hydrogen (secondary N) is 2. The fourth-order valence-corrected chi connectivity index (χ4v) is 3.95. The van der Waals surface area contributed by atoms with Crippen molar-refractivity contribution >= 4 is 22.9 Å². The molecule has 4 heterocycles. The van der Waals surface area contributed by atoms with Crippen LogP contribution in [0.25, 0.3) is 11.2 Å². The molecule has 2 saturated heterocycles. The predicted octanol–water partition coefficient (Wildman–Crippen LogP) is -0.213. The Bertz CT molecular complexity index is 914. The number of halogens is 1. The minimum absolute atomic E-state index is 0.234. The molecule has 11 heteroatoms. The Balaban J connectivity index is 1.59. The van der Waals surface area contributed by atoms with Crippen LogP contribution in [0.1, 0.15) is 26.0 Å². The summed E-state index contributed by atoms with van der Waals surface area (Å²) in [6.45, 7) is 2.44. The van der Waals surface area contributed by atoms with E-state index in [2.05, 4.69) is 30.5 Å². The lowest BCUT2D eigenvalue weighted by molar-refractivity contribution is -0.0566. The van der Waals surface area contributed by atoms with Crippen LogP contribution < -0.4 is 15.5 Å². The first-order valence-corrected chi connectivity index (χ1v) is 9.98. The number of aromatic nitrogens is 4. The number of rotatable bonds is 6. The van der Waals surface area contributed by atoms with Crippen LogP contribution in [0.5, 0.6) is 0 Å². The third-order valence-corrected chi connectivity index (χ3v) is 6.10. The quantitative estimate of drug-likeness (QED) is 0.515. The molecule has 2 aromatic rings. The maximum absolute atomic E-state index is 15.4. The number of nitrogens with zero attached hydrogens (tertiary/aromatic N) is 5. The lowest BCUT2D eigenvalue weighted by atomic mass is 9.98. The normalized spacial score (nSPS) is 32.5. The molecular weight excluding hydrogens is 381 g/mol. The van der Waals surface area contributed by atoms with Crippen molar-refractivity contribution < 1.29 is 19.3 Å². The Morgan fingerprint density at radius 2 is 2.17 bits per heavy atom. The van der Waals surface area contributed by atoms with E-state index >= 15 is 4.39 Å².